The van der Waals surface area contributed by atoms with Gasteiger partial charge < -0.3 is 10.1 Å². The number of rotatable bonds is 6. The van der Waals surface area contributed by atoms with Crippen LogP contribution < -0.4 is 5.32 Å². The zero-order chi connectivity index (χ0) is 20.9. The number of ether oxygens (including phenoxy) is 1. The summed E-state index contributed by atoms with van der Waals surface area (Å²) >= 11 is 0. The van der Waals surface area contributed by atoms with Crippen molar-refractivity contribution in [3.8, 4) is 0 Å². The number of fused-ring (bicyclic) bond motifs is 1. The van der Waals surface area contributed by atoms with E-state index in [9.17, 15) is 0 Å². The van der Waals surface area contributed by atoms with Gasteiger partial charge in [0.05, 0.1) is 23.4 Å². The van der Waals surface area contributed by atoms with Crippen molar-refractivity contribution in [1.29, 1.82) is 0 Å². The second-order valence-corrected chi connectivity index (χ2v) is 11.0. The number of aromatic nitrogens is 3. The molecule has 1 spiro atoms. The van der Waals surface area contributed by atoms with Crippen LogP contribution in [0.3, 0.4) is 0 Å². The molecule has 0 radical (unpaired) electrons. The maximum absolute atomic E-state index is 6.42. The fourth-order valence-corrected chi connectivity index (χ4v) is 6.88. The molecule has 3 fully saturated rings. The lowest BCUT2D eigenvalue weighted by Crippen LogP contribution is -2.47. The Labute approximate surface area is 186 Å². The molecule has 0 bridgehead atoms. The van der Waals surface area contributed by atoms with Crippen LogP contribution in [0.15, 0.2) is 36.7 Å². The van der Waals surface area contributed by atoms with Gasteiger partial charge in [0.25, 0.3) is 0 Å². The molecule has 1 N–H and O–H groups in total. The molecule has 0 aromatic carbocycles. The maximum atomic E-state index is 6.42. The van der Waals surface area contributed by atoms with Crippen molar-refractivity contribution in [2.24, 2.45) is 5.41 Å². The minimum absolute atomic E-state index is 0.0907. The lowest BCUT2D eigenvalue weighted by atomic mass is 9.68. The van der Waals surface area contributed by atoms with Crippen LogP contribution in [0.5, 0.6) is 0 Å². The molecule has 0 amide bonds. The van der Waals surface area contributed by atoms with Crippen LogP contribution in [0.4, 0.5) is 0 Å². The van der Waals surface area contributed by atoms with Crippen molar-refractivity contribution < 1.29 is 4.74 Å². The van der Waals surface area contributed by atoms with E-state index in [1.165, 1.54) is 56.3 Å². The van der Waals surface area contributed by atoms with Crippen molar-refractivity contribution in [2.75, 3.05) is 13.2 Å². The molecular formula is C26H36N4O. The predicted molar refractivity (Wildman–Crippen MR) is 121 cm³/mol. The van der Waals surface area contributed by atoms with Gasteiger partial charge in [-0.2, -0.15) is 5.10 Å². The zero-order valence-electron chi connectivity index (χ0n) is 18.9. The van der Waals surface area contributed by atoms with Crippen molar-refractivity contribution in [2.45, 2.75) is 94.2 Å². The molecule has 31 heavy (non-hydrogen) atoms. The molecule has 2 saturated carbocycles. The molecule has 2 aliphatic carbocycles. The Balaban J connectivity index is 1.19. The van der Waals surface area contributed by atoms with E-state index in [2.05, 4.69) is 35.1 Å². The van der Waals surface area contributed by atoms with Gasteiger partial charge in [0.2, 0.25) is 0 Å². The third kappa shape index (κ3) is 3.45. The van der Waals surface area contributed by atoms with Gasteiger partial charge >= 0.3 is 0 Å². The van der Waals surface area contributed by atoms with E-state index in [1.54, 1.807) is 0 Å². The Morgan fingerprint density at radius 1 is 1.10 bits per heavy atom. The Hall–Kier alpha value is -1.72. The number of pyridine rings is 1. The summed E-state index contributed by atoms with van der Waals surface area (Å²) in [5.41, 5.74) is 3.32. The Bertz CT molecular complexity index is 914. The normalized spacial score (nSPS) is 32.9. The summed E-state index contributed by atoms with van der Waals surface area (Å²) in [4.78, 5) is 4.86. The monoisotopic (exact) mass is 420 g/mol. The van der Waals surface area contributed by atoms with Crippen LogP contribution in [0, 0.1) is 5.41 Å². The minimum Gasteiger partial charge on any atom is -0.375 e. The topological polar surface area (TPSA) is 52.0 Å². The Morgan fingerprint density at radius 3 is 2.74 bits per heavy atom. The lowest BCUT2D eigenvalue weighted by molar-refractivity contribution is -0.104. The molecule has 6 rings (SSSR count). The summed E-state index contributed by atoms with van der Waals surface area (Å²) in [7, 11) is 0. The molecule has 1 saturated heterocycles. The molecule has 4 heterocycles. The first kappa shape index (κ1) is 19.9. The van der Waals surface area contributed by atoms with Crippen LogP contribution in [-0.4, -0.2) is 33.5 Å². The standard InChI is InChI=1S/C26H36N4O/c1-24(10-11-24)23-18-20(21-7-15-29-30(21)23)27-16-12-25(22-6-2-5-14-28-22)13-17-31-26(19-25)8-3-4-9-26/h2,5-7,14-15,20,23,27H,3-4,8-13,16-19H2,1H3/t20?,23?,25-/m1/s1. The summed E-state index contributed by atoms with van der Waals surface area (Å²) < 4.78 is 8.74. The fraction of sp³-hybridized carbons (Fsp3) is 0.692. The number of nitrogens with zero attached hydrogens (tertiary/aromatic N) is 3. The van der Waals surface area contributed by atoms with Crippen LogP contribution in [0.1, 0.15) is 94.6 Å². The van der Waals surface area contributed by atoms with Crippen molar-refractivity contribution in [3.63, 3.8) is 0 Å². The van der Waals surface area contributed by atoms with Crippen LogP contribution >= 0.6 is 0 Å². The molecule has 2 unspecified atom stereocenters. The molecule has 5 heteroatoms. The summed E-state index contributed by atoms with van der Waals surface area (Å²) in [5, 5.41) is 8.64. The largest absolute Gasteiger partial charge is 0.375 e. The van der Waals surface area contributed by atoms with E-state index in [1.807, 2.05) is 18.5 Å². The number of hydrogen-bond donors (Lipinski definition) is 1. The molecular weight excluding hydrogens is 384 g/mol. The van der Waals surface area contributed by atoms with E-state index < -0.39 is 0 Å². The summed E-state index contributed by atoms with van der Waals surface area (Å²) in [6.45, 7) is 4.32. The quantitative estimate of drug-likeness (QED) is 0.706. The summed E-state index contributed by atoms with van der Waals surface area (Å²) in [6, 6.07) is 9.65. The van der Waals surface area contributed by atoms with Gasteiger partial charge in [0.15, 0.2) is 0 Å². The number of nitrogens with one attached hydrogen (secondary N) is 1. The highest BCUT2D eigenvalue weighted by Gasteiger charge is 2.51. The average molecular weight is 421 g/mol. The molecule has 2 aromatic rings. The van der Waals surface area contributed by atoms with Gasteiger partial charge in [0, 0.05) is 30.1 Å². The highest BCUT2D eigenvalue weighted by molar-refractivity contribution is 5.21. The minimum atomic E-state index is 0.0907. The third-order valence-electron chi connectivity index (χ3n) is 9.02. The van der Waals surface area contributed by atoms with E-state index in [4.69, 9.17) is 14.8 Å². The van der Waals surface area contributed by atoms with Crippen molar-refractivity contribution >= 4 is 0 Å². The summed E-state index contributed by atoms with van der Waals surface area (Å²) in [5.74, 6) is 0. The summed E-state index contributed by atoms with van der Waals surface area (Å²) in [6.07, 6.45) is 16.2. The first-order valence-corrected chi connectivity index (χ1v) is 12.4. The van der Waals surface area contributed by atoms with Gasteiger partial charge in [-0.1, -0.05) is 25.8 Å². The Morgan fingerprint density at radius 2 is 1.97 bits per heavy atom. The molecule has 5 nitrogen and oxygen atoms in total. The third-order valence-corrected chi connectivity index (χ3v) is 9.02. The van der Waals surface area contributed by atoms with Crippen LogP contribution in [-0.2, 0) is 10.2 Å². The Kier molecular flexibility index (Phi) is 4.77. The van der Waals surface area contributed by atoms with Crippen LogP contribution in [0.2, 0.25) is 0 Å². The first-order valence-electron chi connectivity index (χ1n) is 12.4. The zero-order valence-corrected chi connectivity index (χ0v) is 18.9. The molecule has 4 aliphatic rings. The fourth-order valence-electron chi connectivity index (χ4n) is 6.88. The SMILES string of the molecule is CC1(C2CC(NCC[C@@]3(c4ccccn4)CCOC4(CCCC4)C3)c3ccnn32)CC1. The smallest absolute Gasteiger partial charge is 0.0691 e. The van der Waals surface area contributed by atoms with Gasteiger partial charge in [-0.15, -0.1) is 0 Å². The van der Waals surface area contributed by atoms with Gasteiger partial charge in [-0.05, 0) is 81.5 Å². The molecule has 2 aliphatic heterocycles. The average Bonchev–Trinajstić information content (AvgIpc) is 3.16. The molecule has 166 valence electrons. The lowest BCUT2D eigenvalue weighted by Gasteiger charge is -2.46. The van der Waals surface area contributed by atoms with Crippen molar-refractivity contribution in [1.82, 2.24) is 20.1 Å². The molecule has 2 aromatic heterocycles. The van der Waals surface area contributed by atoms with Gasteiger partial charge in [-0.25, -0.2) is 0 Å². The van der Waals surface area contributed by atoms with E-state index in [0.717, 1.165) is 32.4 Å². The maximum Gasteiger partial charge on any atom is 0.0691 e. The first-order chi connectivity index (χ1) is 15.1. The highest BCUT2D eigenvalue weighted by atomic mass is 16.5. The predicted octanol–water partition coefficient (Wildman–Crippen LogP) is 5.11. The van der Waals surface area contributed by atoms with E-state index in [-0.39, 0.29) is 11.0 Å². The van der Waals surface area contributed by atoms with Gasteiger partial charge in [-0.3, -0.25) is 9.67 Å². The second-order valence-electron chi connectivity index (χ2n) is 11.0. The van der Waals surface area contributed by atoms with Crippen LogP contribution in [0.25, 0.3) is 0 Å². The van der Waals surface area contributed by atoms with E-state index >= 15 is 0 Å². The second kappa shape index (κ2) is 7.41. The van der Waals surface area contributed by atoms with Crippen molar-refractivity contribution in [3.05, 3.63) is 48.0 Å². The number of hydrogen-bond acceptors (Lipinski definition) is 4. The highest BCUT2D eigenvalue weighted by Crippen LogP contribution is 2.58. The van der Waals surface area contributed by atoms with E-state index in [0.29, 0.717) is 17.5 Å². The van der Waals surface area contributed by atoms with Gasteiger partial charge in [0.1, 0.15) is 0 Å². The molecule has 3 atom stereocenters.